The van der Waals surface area contributed by atoms with Crippen LogP contribution in [-0.4, -0.2) is 20.5 Å². The molecule has 5 nitrogen and oxygen atoms in total. The number of halogens is 2. The summed E-state index contributed by atoms with van der Waals surface area (Å²) in [5.41, 5.74) is -0.686. The molecule has 0 atom stereocenters. The summed E-state index contributed by atoms with van der Waals surface area (Å²) in [6.07, 6.45) is -0.528. The molecule has 18 heavy (non-hydrogen) atoms. The molecule has 0 bridgehead atoms. The van der Waals surface area contributed by atoms with E-state index in [1.807, 2.05) is 0 Å². The minimum Gasteiger partial charge on any atom is -0.459 e. The van der Waals surface area contributed by atoms with Crippen LogP contribution in [-0.2, 0) is 14.8 Å². The Morgan fingerprint density at radius 2 is 1.83 bits per heavy atom. The number of rotatable bonds is 3. The number of carbonyl (C=O) groups is 1. The second-order valence-corrected chi connectivity index (χ2v) is 5.29. The van der Waals surface area contributed by atoms with Gasteiger partial charge in [0.05, 0.1) is 11.7 Å². The highest BCUT2D eigenvalue weighted by molar-refractivity contribution is 7.89. The fraction of sp³-hybridized carbons (Fsp3) is 0.300. The maximum atomic E-state index is 13.3. The van der Waals surface area contributed by atoms with Crippen LogP contribution in [0.25, 0.3) is 0 Å². The van der Waals surface area contributed by atoms with Crippen LogP contribution in [0, 0.1) is 11.6 Å². The second-order valence-electron chi connectivity index (χ2n) is 3.76. The smallest absolute Gasteiger partial charge is 0.341 e. The largest absolute Gasteiger partial charge is 0.459 e. The average molecular weight is 279 g/mol. The van der Waals surface area contributed by atoms with E-state index in [-0.39, 0.29) is 6.07 Å². The minimum absolute atomic E-state index is 0.274. The molecule has 0 heterocycles. The monoisotopic (exact) mass is 279 g/mol. The first-order valence-electron chi connectivity index (χ1n) is 4.85. The van der Waals surface area contributed by atoms with E-state index in [1.165, 1.54) is 13.8 Å². The fourth-order valence-corrected chi connectivity index (χ4v) is 1.79. The predicted molar refractivity (Wildman–Crippen MR) is 58.3 cm³/mol. The number of primary sulfonamides is 1. The third-order valence-corrected chi connectivity index (χ3v) is 2.82. The van der Waals surface area contributed by atoms with Gasteiger partial charge in [-0.15, -0.1) is 0 Å². The van der Waals surface area contributed by atoms with Gasteiger partial charge in [0.25, 0.3) is 0 Å². The first kappa shape index (κ1) is 14.5. The zero-order chi connectivity index (χ0) is 14.1. The van der Waals surface area contributed by atoms with Gasteiger partial charge in [0.2, 0.25) is 10.0 Å². The van der Waals surface area contributed by atoms with Crippen LogP contribution >= 0.6 is 0 Å². The molecule has 0 aromatic heterocycles. The van der Waals surface area contributed by atoms with E-state index in [0.29, 0.717) is 6.07 Å². The van der Waals surface area contributed by atoms with Crippen molar-refractivity contribution in [3.05, 3.63) is 29.3 Å². The Hall–Kier alpha value is -1.54. The normalized spacial score (nSPS) is 11.7. The van der Waals surface area contributed by atoms with E-state index < -0.39 is 44.2 Å². The van der Waals surface area contributed by atoms with Crippen molar-refractivity contribution in [1.29, 1.82) is 0 Å². The van der Waals surface area contributed by atoms with Gasteiger partial charge in [-0.2, -0.15) is 0 Å². The summed E-state index contributed by atoms with van der Waals surface area (Å²) in [5.74, 6) is -3.67. The van der Waals surface area contributed by atoms with Gasteiger partial charge in [0, 0.05) is 6.07 Å². The summed E-state index contributed by atoms with van der Waals surface area (Å²) in [6.45, 7) is 3.06. The zero-order valence-corrected chi connectivity index (χ0v) is 10.4. The Balaban J connectivity index is 3.34. The lowest BCUT2D eigenvalue weighted by Gasteiger charge is -2.09. The van der Waals surface area contributed by atoms with Crippen LogP contribution in [0.5, 0.6) is 0 Å². The maximum Gasteiger partial charge on any atom is 0.341 e. The number of hydrogen-bond donors (Lipinski definition) is 1. The molecule has 1 rings (SSSR count). The van der Waals surface area contributed by atoms with Crippen LogP contribution in [0.3, 0.4) is 0 Å². The van der Waals surface area contributed by atoms with Gasteiger partial charge < -0.3 is 4.74 Å². The van der Waals surface area contributed by atoms with Crippen molar-refractivity contribution in [2.24, 2.45) is 5.14 Å². The number of benzene rings is 1. The van der Waals surface area contributed by atoms with Gasteiger partial charge >= 0.3 is 5.97 Å². The van der Waals surface area contributed by atoms with Crippen molar-refractivity contribution in [2.75, 3.05) is 0 Å². The fourth-order valence-electron chi connectivity index (χ4n) is 1.18. The van der Waals surface area contributed by atoms with Crippen molar-refractivity contribution in [2.45, 2.75) is 24.8 Å². The number of esters is 1. The van der Waals surface area contributed by atoms with E-state index in [2.05, 4.69) is 4.74 Å². The van der Waals surface area contributed by atoms with E-state index in [4.69, 9.17) is 5.14 Å². The lowest BCUT2D eigenvalue weighted by molar-refractivity contribution is 0.0372. The van der Waals surface area contributed by atoms with Gasteiger partial charge in [0.15, 0.2) is 0 Å². The first-order valence-corrected chi connectivity index (χ1v) is 6.40. The van der Waals surface area contributed by atoms with E-state index in [0.717, 1.165) is 0 Å². The maximum absolute atomic E-state index is 13.3. The van der Waals surface area contributed by atoms with Gasteiger partial charge in [0.1, 0.15) is 16.5 Å². The van der Waals surface area contributed by atoms with Crippen LogP contribution in [0.1, 0.15) is 24.2 Å². The third-order valence-electron chi connectivity index (χ3n) is 1.89. The van der Waals surface area contributed by atoms with Crippen LogP contribution in [0.2, 0.25) is 0 Å². The van der Waals surface area contributed by atoms with Gasteiger partial charge in [-0.25, -0.2) is 27.1 Å². The number of carbonyl (C=O) groups excluding carboxylic acids is 1. The highest BCUT2D eigenvalue weighted by atomic mass is 32.2. The predicted octanol–water partition coefficient (Wildman–Crippen LogP) is 1.18. The molecule has 0 saturated heterocycles. The summed E-state index contributed by atoms with van der Waals surface area (Å²) < 4.78 is 53.3. The summed E-state index contributed by atoms with van der Waals surface area (Å²) in [6, 6.07) is 0.793. The molecule has 8 heteroatoms. The SMILES string of the molecule is CC(C)OC(=O)c1cc(S(N)(=O)=O)c(F)cc1F. The minimum atomic E-state index is -4.38. The molecule has 0 aliphatic carbocycles. The van der Waals surface area contributed by atoms with Crippen LogP contribution in [0.15, 0.2) is 17.0 Å². The molecule has 0 amide bonds. The molecule has 1 aromatic rings. The first-order chi connectivity index (χ1) is 8.12. The summed E-state index contributed by atoms with van der Waals surface area (Å²) >= 11 is 0. The molecular weight excluding hydrogens is 268 g/mol. The number of ether oxygens (including phenoxy) is 1. The van der Waals surface area contributed by atoms with E-state index in [1.54, 1.807) is 0 Å². The van der Waals surface area contributed by atoms with Crippen LogP contribution in [0.4, 0.5) is 8.78 Å². The highest BCUT2D eigenvalue weighted by Crippen LogP contribution is 2.19. The number of sulfonamides is 1. The van der Waals surface area contributed by atoms with E-state index in [9.17, 15) is 22.0 Å². The highest BCUT2D eigenvalue weighted by Gasteiger charge is 2.22. The molecule has 0 fully saturated rings. The third kappa shape index (κ3) is 3.23. The Labute approximate surface area is 103 Å². The number of hydrogen-bond acceptors (Lipinski definition) is 4. The Morgan fingerprint density at radius 3 is 2.28 bits per heavy atom. The quantitative estimate of drug-likeness (QED) is 0.842. The van der Waals surface area contributed by atoms with Crippen molar-refractivity contribution < 1.29 is 26.7 Å². The molecule has 0 unspecified atom stereocenters. The second kappa shape index (κ2) is 4.99. The Bertz CT molecular complexity index is 584. The van der Waals surface area contributed by atoms with Gasteiger partial charge in [-0.1, -0.05) is 0 Å². The average Bonchev–Trinajstić information content (AvgIpc) is 2.13. The molecule has 0 spiro atoms. The summed E-state index contributed by atoms with van der Waals surface area (Å²) in [5, 5.41) is 4.74. The Morgan fingerprint density at radius 1 is 1.28 bits per heavy atom. The molecule has 100 valence electrons. The van der Waals surface area contributed by atoms with Crippen LogP contribution < -0.4 is 5.14 Å². The lowest BCUT2D eigenvalue weighted by atomic mass is 10.2. The standard InChI is InChI=1S/C10H11F2NO4S/c1-5(2)17-10(14)6-3-9(18(13,15)16)8(12)4-7(6)11/h3-5H,1-2H3,(H2,13,15,16). The molecule has 0 radical (unpaired) electrons. The van der Waals surface area contributed by atoms with Gasteiger partial charge in [-0.05, 0) is 19.9 Å². The molecular formula is C10H11F2NO4S. The Kier molecular flexibility index (Phi) is 4.02. The molecule has 1 aromatic carbocycles. The molecule has 2 N–H and O–H groups in total. The van der Waals surface area contributed by atoms with Gasteiger partial charge in [-0.3, -0.25) is 0 Å². The number of nitrogens with two attached hydrogens (primary N) is 1. The molecule has 0 saturated carbocycles. The van der Waals surface area contributed by atoms with Crippen molar-refractivity contribution >= 4 is 16.0 Å². The summed E-state index contributed by atoms with van der Waals surface area (Å²) in [7, 11) is -4.38. The topological polar surface area (TPSA) is 86.5 Å². The zero-order valence-electron chi connectivity index (χ0n) is 9.61. The molecule has 0 aliphatic heterocycles. The van der Waals surface area contributed by atoms with Crippen molar-refractivity contribution in [3.8, 4) is 0 Å². The van der Waals surface area contributed by atoms with E-state index >= 15 is 0 Å². The molecule has 0 aliphatic rings. The van der Waals surface area contributed by atoms with Crippen molar-refractivity contribution in [3.63, 3.8) is 0 Å². The lowest BCUT2D eigenvalue weighted by Crippen LogP contribution is -2.18. The summed E-state index contributed by atoms with van der Waals surface area (Å²) in [4.78, 5) is 10.5. The van der Waals surface area contributed by atoms with Crippen molar-refractivity contribution in [1.82, 2.24) is 0 Å².